The van der Waals surface area contributed by atoms with E-state index in [0.717, 1.165) is 6.42 Å². The van der Waals surface area contributed by atoms with Crippen molar-refractivity contribution in [3.63, 3.8) is 0 Å². The fourth-order valence-corrected chi connectivity index (χ4v) is 1.40. The van der Waals surface area contributed by atoms with E-state index < -0.39 is 6.10 Å². The van der Waals surface area contributed by atoms with Crippen LogP contribution in [0, 0.1) is 11.8 Å². The van der Waals surface area contributed by atoms with Crippen LogP contribution in [0.2, 0.25) is 0 Å². The van der Waals surface area contributed by atoms with Gasteiger partial charge in [-0.3, -0.25) is 4.79 Å². The fourth-order valence-electron chi connectivity index (χ4n) is 1.40. The van der Waals surface area contributed by atoms with Gasteiger partial charge >= 0.3 is 0 Å². The van der Waals surface area contributed by atoms with Crippen LogP contribution in [-0.4, -0.2) is 23.7 Å². The maximum Gasteiger partial charge on any atom is 0.225 e. The van der Waals surface area contributed by atoms with Crippen LogP contribution in [0.3, 0.4) is 0 Å². The van der Waals surface area contributed by atoms with E-state index in [9.17, 15) is 9.90 Å². The second-order valence-electron chi connectivity index (χ2n) is 3.42. The van der Waals surface area contributed by atoms with Gasteiger partial charge < -0.3 is 10.4 Å². The van der Waals surface area contributed by atoms with Crippen molar-refractivity contribution in [1.29, 1.82) is 0 Å². The van der Waals surface area contributed by atoms with Gasteiger partial charge in [0.15, 0.2) is 0 Å². The van der Waals surface area contributed by atoms with Gasteiger partial charge in [0.2, 0.25) is 5.91 Å². The number of carbonyl (C=O) groups excluding carboxylic acids is 1. The third-order valence-corrected chi connectivity index (χ3v) is 2.19. The van der Waals surface area contributed by atoms with Crippen molar-refractivity contribution in [3.05, 3.63) is 0 Å². The van der Waals surface area contributed by atoms with Crippen molar-refractivity contribution in [2.45, 2.75) is 26.4 Å². The minimum Gasteiger partial charge on any atom is -0.392 e. The largest absolute Gasteiger partial charge is 0.392 e. The van der Waals surface area contributed by atoms with E-state index in [0.29, 0.717) is 6.54 Å². The van der Waals surface area contributed by atoms with Gasteiger partial charge in [-0.1, -0.05) is 13.8 Å². The Morgan fingerprint density at radius 1 is 1.64 bits per heavy atom. The molecule has 1 aliphatic rings. The monoisotopic (exact) mass is 157 g/mol. The first-order valence-electron chi connectivity index (χ1n) is 4.08. The maximum atomic E-state index is 11.0. The zero-order valence-electron chi connectivity index (χ0n) is 7.00. The van der Waals surface area contributed by atoms with E-state index in [1.54, 1.807) is 0 Å². The van der Waals surface area contributed by atoms with Gasteiger partial charge in [0, 0.05) is 6.54 Å². The first-order chi connectivity index (χ1) is 5.13. The Labute approximate surface area is 66.8 Å². The SMILES string of the molecule is CC(C)C(O)C1CCNC1=O. The molecule has 2 unspecified atom stereocenters. The van der Waals surface area contributed by atoms with Gasteiger partial charge in [-0.2, -0.15) is 0 Å². The molecule has 0 spiro atoms. The van der Waals surface area contributed by atoms with Crippen molar-refractivity contribution in [1.82, 2.24) is 5.32 Å². The van der Waals surface area contributed by atoms with Crippen molar-refractivity contribution < 1.29 is 9.90 Å². The third kappa shape index (κ3) is 1.71. The molecule has 1 saturated heterocycles. The standard InChI is InChI=1S/C8H15NO2/c1-5(2)7(10)6-3-4-9-8(6)11/h5-7,10H,3-4H2,1-2H3,(H,9,11). The summed E-state index contributed by atoms with van der Waals surface area (Å²) in [5, 5.41) is 12.2. The Morgan fingerprint density at radius 3 is 2.64 bits per heavy atom. The molecule has 0 aromatic rings. The molecule has 0 aliphatic carbocycles. The van der Waals surface area contributed by atoms with E-state index in [2.05, 4.69) is 5.32 Å². The third-order valence-electron chi connectivity index (χ3n) is 2.19. The number of amides is 1. The second-order valence-corrected chi connectivity index (χ2v) is 3.42. The number of nitrogens with one attached hydrogen (secondary N) is 1. The van der Waals surface area contributed by atoms with Crippen LogP contribution in [0.15, 0.2) is 0 Å². The molecule has 1 rings (SSSR count). The van der Waals surface area contributed by atoms with Crippen molar-refractivity contribution in [2.75, 3.05) is 6.54 Å². The van der Waals surface area contributed by atoms with Crippen LogP contribution in [0.5, 0.6) is 0 Å². The van der Waals surface area contributed by atoms with E-state index in [4.69, 9.17) is 0 Å². The van der Waals surface area contributed by atoms with E-state index in [1.807, 2.05) is 13.8 Å². The number of hydrogen-bond acceptors (Lipinski definition) is 2. The fraction of sp³-hybridized carbons (Fsp3) is 0.875. The van der Waals surface area contributed by atoms with Crippen LogP contribution >= 0.6 is 0 Å². The summed E-state index contributed by atoms with van der Waals surface area (Å²) >= 11 is 0. The highest BCUT2D eigenvalue weighted by molar-refractivity contribution is 5.81. The van der Waals surface area contributed by atoms with E-state index in [-0.39, 0.29) is 17.7 Å². The topological polar surface area (TPSA) is 49.3 Å². The Balaban J connectivity index is 2.52. The summed E-state index contributed by atoms with van der Waals surface area (Å²) < 4.78 is 0. The van der Waals surface area contributed by atoms with Crippen LogP contribution in [-0.2, 0) is 4.79 Å². The summed E-state index contributed by atoms with van der Waals surface area (Å²) in [5.41, 5.74) is 0. The summed E-state index contributed by atoms with van der Waals surface area (Å²) in [6.07, 6.45) is 0.301. The number of rotatable bonds is 2. The summed E-state index contributed by atoms with van der Waals surface area (Å²) in [4.78, 5) is 11.0. The van der Waals surface area contributed by atoms with Crippen LogP contribution in [0.25, 0.3) is 0 Å². The highest BCUT2D eigenvalue weighted by Gasteiger charge is 2.32. The molecule has 0 aromatic carbocycles. The molecule has 3 heteroatoms. The average Bonchev–Trinajstić information content (AvgIpc) is 2.33. The number of aliphatic hydroxyl groups is 1. The molecule has 11 heavy (non-hydrogen) atoms. The molecule has 64 valence electrons. The molecule has 0 aromatic heterocycles. The van der Waals surface area contributed by atoms with E-state index in [1.165, 1.54) is 0 Å². The van der Waals surface area contributed by atoms with Gasteiger partial charge in [-0.05, 0) is 12.3 Å². The smallest absolute Gasteiger partial charge is 0.225 e. The molecule has 2 atom stereocenters. The predicted molar refractivity (Wildman–Crippen MR) is 42.0 cm³/mol. The van der Waals surface area contributed by atoms with Gasteiger partial charge in [0.1, 0.15) is 0 Å². The molecule has 1 amide bonds. The molecular weight excluding hydrogens is 142 g/mol. The number of hydrogen-bond donors (Lipinski definition) is 2. The molecule has 3 nitrogen and oxygen atoms in total. The normalized spacial score (nSPS) is 27.3. The molecule has 0 saturated carbocycles. The molecule has 1 aliphatic heterocycles. The van der Waals surface area contributed by atoms with E-state index >= 15 is 0 Å². The molecule has 1 heterocycles. The Hall–Kier alpha value is -0.570. The van der Waals surface area contributed by atoms with Crippen molar-refractivity contribution in [3.8, 4) is 0 Å². The van der Waals surface area contributed by atoms with Crippen molar-refractivity contribution in [2.24, 2.45) is 11.8 Å². The predicted octanol–water partition coefficient (Wildman–Crippen LogP) is 0.139. The Morgan fingerprint density at radius 2 is 2.27 bits per heavy atom. The molecular formula is C8H15NO2. The lowest BCUT2D eigenvalue weighted by molar-refractivity contribution is -0.126. The lowest BCUT2D eigenvalue weighted by Crippen LogP contribution is -2.32. The molecule has 0 radical (unpaired) electrons. The number of aliphatic hydroxyl groups excluding tert-OH is 1. The highest BCUT2D eigenvalue weighted by atomic mass is 16.3. The summed E-state index contributed by atoms with van der Waals surface area (Å²) in [6, 6.07) is 0. The summed E-state index contributed by atoms with van der Waals surface area (Å²) in [7, 11) is 0. The molecule has 2 N–H and O–H groups in total. The van der Waals surface area contributed by atoms with Crippen LogP contribution in [0.1, 0.15) is 20.3 Å². The van der Waals surface area contributed by atoms with Crippen molar-refractivity contribution >= 4 is 5.91 Å². The summed E-state index contributed by atoms with van der Waals surface area (Å²) in [5.74, 6) is 0.00468. The van der Waals surface area contributed by atoms with Crippen LogP contribution in [0.4, 0.5) is 0 Å². The van der Waals surface area contributed by atoms with Gasteiger partial charge in [0.05, 0.1) is 12.0 Å². The molecule has 0 bridgehead atoms. The average molecular weight is 157 g/mol. The zero-order valence-corrected chi connectivity index (χ0v) is 7.00. The zero-order chi connectivity index (χ0) is 8.43. The van der Waals surface area contributed by atoms with Gasteiger partial charge in [0.25, 0.3) is 0 Å². The molecule has 1 fully saturated rings. The highest BCUT2D eigenvalue weighted by Crippen LogP contribution is 2.19. The Kier molecular flexibility index (Phi) is 2.49. The van der Waals surface area contributed by atoms with Crippen LogP contribution < -0.4 is 5.32 Å². The Bertz CT molecular complexity index is 156. The maximum absolute atomic E-state index is 11.0. The number of carbonyl (C=O) groups is 1. The lowest BCUT2D eigenvalue weighted by Gasteiger charge is -2.18. The second kappa shape index (κ2) is 3.22. The van der Waals surface area contributed by atoms with Gasteiger partial charge in [-0.15, -0.1) is 0 Å². The minimum absolute atomic E-state index is 0.00574. The first kappa shape index (κ1) is 8.53. The first-order valence-corrected chi connectivity index (χ1v) is 4.08. The quantitative estimate of drug-likeness (QED) is 0.599. The van der Waals surface area contributed by atoms with Gasteiger partial charge in [-0.25, -0.2) is 0 Å². The summed E-state index contributed by atoms with van der Waals surface area (Å²) in [6.45, 7) is 4.57. The lowest BCUT2D eigenvalue weighted by atomic mass is 9.92. The minimum atomic E-state index is -0.475.